The Kier molecular flexibility index (Phi) is 7.36. The smallest absolute Gasteiger partial charge is 0.336 e. The number of aromatic carboxylic acids is 1. The van der Waals surface area contributed by atoms with Gasteiger partial charge in [0.15, 0.2) is 0 Å². The number of carbonyl (C=O) groups is 4. The van der Waals surface area contributed by atoms with Crippen molar-refractivity contribution in [3.63, 3.8) is 0 Å². The molecule has 0 bridgehead atoms. The summed E-state index contributed by atoms with van der Waals surface area (Å²) in [5.74, 6) is -3.14. The van der Waals surface area contributed by atoms with Crippen molar-refractivity contribution in [2.75, 3.05) is 5.32 Å². The Balaban J connectivity index is 1.82. The van der Waals surface area contributed by atoms with Crippen molar-refractivity contribution < 1.29 is 24.3 Å². The highest BCUT2D eigenvalue weighted by Gasteiger charge is 2.16. The van der Waals surface area contributed by atoms with Crippen molar-refractivity contribution >= 4 is 52.6 Å². The summed E-state index contributed by atoms with van der Waals surface area (Å²) in [6, 6.07) is 10.1. The van der Waals surface area contributed by atoms with E-state index in [2.05, 4.69) is 16.2 Å². The van der Waals surface area contributed by atoms with Crippen LogP contribution in [0, 0.1) is 0 Å². The molecule has 0 saturated heterocycles. The molecule has 0 fully saturated rings. The summed E-state index contributed by atoms with van der Waals surface area (Å²) in [6.07, 6.45) is -0.371. The molecule has 4 N–H and O–H groups in total. The maximum atomic E-state index is 12.0. The summed E-state index contributed by atoms with van der Waals surface area (Å²) >= 11 is 11.7. The number of carbonyl (C=O) groups excluding carboxylic acids is 3. The van der Waals surface area contributed by atoms with Gasteiger partial charge in [-0.3, -0.25) is 25.2 Å². The number of hydrogen-bond acceptors (Lipinski definition) is 4. The number of benzene rings is 2. The Morgan fingerprint density at radius 1 is 0.857 bits per heavy atom. The Labute approximate surface area is 169 Å². The molecule has 0 aromatic heterocycles. The monoisotopic (exact) mass is 423 g/mol. The molecule has 3 amide bonds. The molecule has 0 spiro atoms. The maximum absolute atomic E-state index is 12.0. The molecule has 0 unspecified atom stereocenters. The highest BCUT2D eigenvalue weighted by molar-refractivity contribution is 6.36. The Hall–Kier alpha value is -3.10. The molecule has 0 aliphatic carbocycles. The van der Waals surface area contributed by atoms with Gasteiger partial charge in [-0.25, -0.2) is 4.79 Å². The number of hydrogen-bond donors (Lipinski definition) is 4. The Morgan fingerprint density at radius 2 is 1.50 bits per heavy atom. The zero-order valence-corrected chi connectivity index (χ0v) is 15.8. The molecule has 10 heteroatoms. The van der Waals surface area contributed by atoms with E-state index in [9.17, 15) is 19.2 Å². The van der Waals surface area contributed by atoms with Crippen LogP contribution in [0.25, 0.3) is 0 Å². The highest BCUT2D eigenvalue weighted by atomic mass is 35.5. The minimum atomic E-state index is -1.27. The first-order valence-corrected chi connectivity index (χ1v) is 8.70. The van der Waals surface area contributed by atoms with Crippen molar-refractivity contribution in [2.45, 2.75) is 12.8 Å². The molecular formula is C18H15Cl2N3O5. The van der Waals surface area contributed by atoms with E-state index in [1.165, 1.54) is 36.4 Å². The number of amides is 3. The summed E-state index contributed by atoms with van der Waals surface area (Å²) in [6.45, 7) is 0. The van der Waals surface area contributed by atoms with Gasteiger partial charge in [0.05, 0.1) is 21.8 Å². The topological polar surface area (TPSA) is 125 Å². The van der Waals surface area contributed by atoms with Crippen LogP contribution in [0.4, 0.5) is 5.69 Å². The second-order valence-electron chi connectivity index (χ2n) is 5.53. The molecule has 2 aromatic carbocycles. The number of nitrogens with one attached hydrogen (secondary N) is 3. The third-order valence-corrected chi connectivity index (χ3v) is 4.05. The lowest BCUT2D eigenvalue weighted by atomic mass is 10.1. The summed E-state index contributed by atoms with van der Waals surface area (Å²) in [5, 5.41) is 12.3. The fraction of sp³-hybridized carbons (Fsp3) is 0.111. The first kappa shape index (κ1) is 21.2. The highest BCUT2D eigenvalue weighted by Crippen LogP contribution is 2.25. The predicted molar refractivity (Wildman–Crippen MR) is 103 cm³/mol. The molecule has 0 aliphatic heterocycles. The van der Waals surface area contributed by atoms with Crippen LogP contribution in [-0.2, 0) is 9.59 Å². The van der Waals surface area contributed by atoms with E-state index < -0.39 is 23.7 Å². The van der Waals surface area contributed by atoms with Gasteiger partial charge in [-0.05, 0) is 30.3 Å². The fourth-order valence-electron chi connectivity index (χ4n) is 2.15. The molecule has 0 atom stereocenters. The van der Waals surface area contributed by atoms with Crippen LogP contribution < -0.4 is 16.2 Å². The molecule has 146 valence electrons. The molecule has 8 nitrogen and oxygen atoms in total. The minimum Gasteiger partial charge on any atom is -0.478 e. The molecule has 0 radical (unpaired) electrons. The SMILES string of the molecule is O=C(CCC(=O)Nc1ccc(Cl)cc1Cl)NNC(=O)c1ccccc1C(=O)O. The zero-order chi connectivity index (χ0) is 20.7. The lowest BCUT2D eigenvalue weighted by Gasteiger charge is -2.10. The lowest BCUT2D eigenvalue weighted by Crippen LogP contribution is -2.42. The van der Waals surface area contributed by atoms with Gasteiger partial charge in [-0.1, -0.05) is 35.3 Å². The van der Waals surface area contributed by atoms with E-state index >= 15 is 0 Å². The molecule has 0 saturated carbocycles. The second-order valence-corrected chi connectivity index (χ2v) is 6.37. The van der Waals surface area contributed by atoms with Gasteiger partial charge in [0.1, 0.15) is 0 Å². The standard InChI is InChI=1S/C18H15Cl2N3O5/c19-10-5-6-14(13(20)9-10)21-15(24)7-8-16(25)22-23-17(26)11-3-1-2-4-12(11)18(27)28/h1-6,9H,7-8H2,(H,21,24)(H,22,25)(H,23,26)(H,27,28). The van der Waals surface area contributed by atoms with E-state index in [1.54, 1.807) is 6.07 Å². The van der Waals surface area contributed by atoms with Crippen molar-refractivity contribution in [1.29, 1.82) is 0 Å². The van der Waals surface area contributed by atoms with Crippen LogP contribution in [0.2, 0.25) is 10.0 Å². The van der Waals surface area contributed by atoms with Crippen LogP contribution in [0.15, 0.2) is 42.5 Å². The fourth-order valence-corrected chi connectivity index (χ4v) is 2.61. The normalized spacial score (nSPS) is 10.1. The molecule has 2 aromatic rings. The number of hydrazine groups is 1. The first-order valence-electron chi connectivity index (χ1n) is 7.94. The van der Waals surface area contributed by atoms with Gasteiger partial charge in [0.2, 0.25) is 11.8 Å². The molecule has 2 rings (SSSR count). The number of halogens is 2. The van der Waals surface area contributed by atoms with Crippen molar-refractivity contribution in [3.8, 4) is 0 Å². The summed E-state index contributed by atoms with van der Waals surface area (Å²) in [5.41, 5.74) is 4.29. The van der Waals surface area contributed by atoms with E-state index in [0.29, 0.717) is 10.7 Å². The van der Waals surface area contributed by atoms with Gasteiger partial charge >= 0.3 is 5.97 Å². The predicted octanol–water partition coefficient (Wildman–Crippen LogP) is 2.87. The van der Waals surface area contributed by atoms with E-state index in [1.807, 2.05) is 0 Å². The second kappa shape index (κ2) is 9.72. The van der Waals surface area contributed by atoms with Crippen LogP contribution in [0.1, 0.15) is 33.6 Å². The Bertz CT molecular complexity index is 933. The average Bonchev–Trinajstić information content (AvgIpc) is 2.66. The van der Waals surface area contributed by atoms with Crippen LogP contribution in [0.5, 0.6) is 0 Å². The largest absolute Gasteiger partial charge is 0.478 e. The van der Waals surface area contributed by atoms with Gasteiger partial charge in [0, 0.05) is 17.9 Å². The summed E-state index contributed by atoms with van der Waals surface area (Å²) in [4.78, 5) is 46.8. The third kappa shape index (κ3) is 5.97. The lowest BCUT2D eigenvalue weighted by molar-refractivity contribution is -0.124. The number of carboxylic acid groups (broad SMARTS) is 1. The molecule has 0 heterocycles. The summed E-state index contributed by atoms with van der Waals surface area (Å²) in [7, 11) is 0. The van der Waals surface area contributed by atoms with E-state index in [-0.39, 0.29) is 29.0 Å². The number of anilines is 1. The van der Waals surface area contributed by atoms with E-state index in [0.717, 1.165) is 0 Å². The number of rotatable bonds is 6. The summed E-state index contributed by atoms with van der Waals surface area (Å²) < 4.78 is 0. The quantitative estimate of drug-likeness (QED) is 0.531. The van der Waals surface area contributed by atoms with Gasteiger partial charge < -0.3 is 10.4 Å². The van der Waals surface area contributed by atoms with Gasteiger partial charge in [-0.15, -0.1) is 0 Å². The van der Waals surface area contributed by atoms with Gasteiger partial charge in [0.25, 0.3) is 5.91 Å². The molecular weight excluding hydrogens is 409 g/mol. The first-order chi connectivity index (χ1) is 13.3. The number of carboxylic acids is 1. The van der Waals surface area contributed by atoms with Crippen LogP contribution >= 0.6 is 23.2 Å². The van der Waals surface area contributed by atoms with Crippen molar-refractivity contribution in [1.82, 2.24) is 10.9 Å². The molecule has 0 aliphatic rings. The van der Waals surface area contributed by atoms with Crippen LogP contribution in [-0.4, -0.2) is 28.8 Å². The minimum absolute atomic E-state index is 0.106. The van der Waals surface area contributed by atoms with Crippen molar-refractivity contribution in [3.05, 3.63) is 63.6 Å². The molecule has 28 heavy (non-hydrogen) atoms. The van der Waals surface area contributed by atoms with Crippen LogP contribution in [0.3, 0.4) is 0 Å². The average molecular weight is 424 g/mol. The third-order valence-electron chi connectivity index (χ3n) is 3.50. The van der Waals surface area contributed by atoms with Gasteiger partial charge in [-0.2, -0.15) is 0 Å². The zero-order valence-electron chi connectivity index (χ0n) is 14.3. The maximum Gasteiger partial charge on any atom is 0.336 e. The Morgan fingerprint density at radius 3 is 2.14 bits per heavy atom. The van der Waals surface area contributed by atoms with Crippen molar-refractivity contribution in [2.24, 2.45) is 0 Å². The van der Waals surface area contributed by atoms with E-state index in [4.69, 9.17) is 28.3 Å².